The molecule has 1 nitrogen and oxygen atoms in total. The lowest BCUT2D eigenvalue weighted by Crippen LogP contribution is -2.22. The average Bonchev–Trinajstić information content (AvgIpc) is 2.79. The molecule has 1 N–H and O–H groups in total. The molecule has 0 bridgehead atoms. The fraction of sp³-hybridized carbons (Fsp3) is 0.375. The maximum atomic E-state index is 3.69. The standard InChI is InChI=1S/C16H20BrNS2/c1-4-9-18-15(14-10-11(2)16(17)20-14)12-7-5-6-8-13(12)19-3/h5-8,10,15,18H,4,9H2,1-3H3. The fourth-order valence-corrected chi connectivity index (χ4v) is 4.49. The molecular formula is C16H20BrNS2. The van der Waals surface area contributed by atoms with Gasteiger partial charge >= 0.3 is 0 Å². The van der Waals surface area contributed by atoms with Gasteiger partial charge in [-0.3, -0.25) is 0 Å². The number of thioether (sulfide) groups is 1. The van der Waals surface area contributed by atoms with Gasteiger partial charge in [-0.2, -0.15) is 0 Å². The fourth-order valence-electron chi connectivity index (χ4n) is 2.18. The molecule has 0 amide bonds. The van der Waals surface area contributed by atoms with Crippen LogP contribution in [0.2, 0.25) is 0 Å². The van der Waals surface area contributed by atoms with Gasteiger partial charge in [0.25, 0.3) is 0 Å². The van der Waals surface area contributed by atoms with Crippen LogP contribution in [0, 0.1) is 6.92 Å². The van der Waals surface area contributed by atoms with E-state index < -0.39 is 0 Å². The molecule has 0 aliphatic heterocycles. The molecule has 20 heavy (non-hydrogen) atoms. The first kappa shape index (κ1) is 16.1. The molecule has 1 aromatic carbocycles. The maximum absolute atomic E-state index is 3.69. The minimum atomic E-state index is 0.286. The smallest absolute Gasteiger partial charge is 0.0731 e. The minimum Gasteiger partial charge on any atom is -0.306 e. The van der Waals surface area contributed by atoms with E-state index in [1.807, 2.05) is 23.1 Å². The van der Waals surface area contributed by atoms with Crippen LogP contribution in [-0.4, -0.2) is 12.8 Å². The summed E-state index contributed by atoms with van der Waals surface area (Å²) in [6.45, 7) is 5.39. The summed E-state index contributed by atoms with van der Waals surface area (Å²) in [6, 6.07) is 11.3. The largest absolute Gasteiger partial charge is 0.306 e. The third-order valence-electron chi connectivity index (χ3n) is 3.21. The second kappa shape index (κ2) is 7.64. The van der Waals surface area contributed by atoms with Crippen LogP contribution in [0.15, 0.2) is 39.0 Å². The molecule has 0 fully saturated rings. The van der Waals surface area contributed by atoms with E-state index in [4.69, 9.17) is 0 Å². The Kier molecular flexibility index (Phi) is 6.15. The number of rotatable bonds is 6. The Labute approximate surface area is 138 Å². The second-order valence-electron chi connectivity index (χ2n) is 4.73. The average molecular weight is 370 g/mol. The molecule has 1 aromatic heterocycles. The lowest BCUT2D eigenvalue weighted by atomic mass is 10.0. The van der Waals surface area contributed by atoms with Crippen LogP contribution in [0.4, 0.5) is 0 Å². The van der Waals surface area contributed by atoms with Gasteiger partial charge in [-0.1, -0.05) is 25.1 Å². The topological polar surface area (TPSA) is 12.0 Å². The normalized spacial score (nSPS) is 12.6. The van der Waals surface area contributed by atoms with Gasteiger partial charge in [0.05, 0.1) is 9.83 Å². The lowest BCUT2D eigenvalue weighted by molar-refractivity contribution is 0.599. The number of hydrogen-bond acceptors (Lipinski definition) is 3. The first-order chi connectivity index (χ1) is 9.67. The Bertz CT molecular complexity index is 546. The predicted octanol–water partition coefficient (Wildman–Crippen LogP) is 5.63. The number of thiophene rings is 1. The van der Waals surface area contributed by atoms with E-state index in [1.54, 1.807) is 0 Å². The molecule has 0 saturated heterocycles. The van der Waals surface area contributed by atoms with Gasteiger partial charge in [-0.05, 0) is 65.3 Å². The number of halogens is 1. The monoisotopic (exact) mass is 369 g/mol. The van der Waals surface area contributed by atoms with E-state index in [1.165, 1.54) is 24.7 Å². The maximum Gasteiger partial charge on any atom is 0.0731 e. The zero-order chi connectivity index (χ0) is 14.5. The number of aryl methyl sites for hydroxylation is 1. The van der Waals surface area contributed by atoms with Crippen LogP contribution in [0.25, 0.3) is 0 Å². The molecular weight excluding hydrogens is 350 g/mol. The van der Waals surface area contributed by atoms with Crippen molar-refractivity contribution in [1.29, 1.82) is 0 Å². The van der Waals surface area contributed by atoms with Crippen LogP contribution in [0.5, 0.6) is 0 Å². The zero-order valence-electron chi connectivity index (χ0n) is 12.1. The van der Waals surface area contributed by atoms with Crippen molar-refractivity contribution < 1.29 is 0 Å². The van der Waals surface area contributed by atoms with E-state index in [-0.39, 0.29) is 6.04 Å². The summed E-state index contributed by atoms with van der Waals surface area (Å²) < 4.78 is 1.23. The van der Waals surface area contributed by atoms with Crippen molar-refractivity contribution in [3.05, 3.63) is 50.1 Å². The minimum absolute atomic E-state index is 0.286. The molecule has 0 aliphatic carbocycles. The highest BCUT2D eigenvalue weighted by Gasteiger charge is 2.19. The van der Waals surface area contributed by atoms with Gasteiger partial charge in [-0.25, -0.2) is 0 Å². The van der Waals surface area contributed by atoms with Gasteiger partial charge in [-0.15, -0.1) is 23.1 Å². The molecule has 0 spiro atoms. The Morgan fingerprint density at radius 2 is 2.10 bits per heavy atom. The summed E-state index contributed by atoms with van der Waals surface area (Å²) in [4.78, 5) is 2.73. The number of nitrogens with one attached hydrogen (secondary N) is 1. The Morgan fingerprint density at radius 1 is 1.35 bits per heavy atom. The van der Waals surface area contributed by atoms with Gasteiger partial charge < -0.3 is 5.32 Å². The first-order valence-electron chi connectivity index (χ1n) is 6.79. The van der Waals surface area contributed by atoms with Crippen LogP contribution < -0.4 is 5.32 Å². The highest BCUT2D eigenvalue weighted by Crippen LogP contribution is 2.37. The van der Waals surface area contributed by atoms with Gasteiger partial charge in [0.2, 0.25) is 0 Å². The third kappa shape index (κ3) is 3.67. The molecule has 0 aliphatic rings. The molecule has 1 heterocycles. The number of benzene rings is 1. The van der Waals surface area contributed by atoms with Crippen molar-refractivity contribution in [2.45, 2.75) is 31.2 Å². The summed E-state index contributed by atoms with van der Waals surface area (Å²) in [5.41, 5.74) is 2.69. The summed E-state index contributed by atoms with van der Waals surface area (Å²) in [5, 5.41) is 3.69. The van der Waals surface area contributed by atoms with E-state index in [2.05, 4.69) is 71.7 Å². The molecule has 2 aromatic rings. The molecule has 0 radical (unpaired) electrons. The van der Waals surface area contributed by atoms with E-state index in [0.29, 0.717) is 0 Å². The molecule has 1 atom stereocenters. The number of hydrogen-bond donors (Lipinski definition) is 1. The summed E-state index contributed by atoms with van der Waals surface area (Å²) >= 11 is 7.29. The van der Waals surface area contributed by atoms with E-state index >= 15 is 0 Å². The van der Waals surface area contributed by atoms with Crippen molar-refractivity contribution in [1.82, 2.24) is 5.32 Å². The Balaban J connectivity index is 2.41. The lowest BCUT2D eigenvalue weighted by Gasteiger charge is -2.20. The molecule has 108 valence electrons. The zero-order valence-corrected chi connectivity index (χ0v) is 15.3. The van der Waals surface area contributed by atoms with E-state index in [0.717, 1.165) is 13.0 Å². The van der Waals surface area contributed by atoms with Crippen molar-refractivity contribution >= 4 is 39.0 Å². The summed E-state index contributed by atoms with van der Waals surface area (Å²) in [6.07, 6.45) is 3.29. The van der Waals surface area contributed by atoms with Gasteiger partial charge in [0, 0.05) is 9.77 Å². The SMILES string of the molecule is CCCNC(c1cc(C)c(Br)s1)c1ccccc1SC. The van der Waals surface area contributed by atoms with Gasteiger partial charge in [0.1, 0.15) is 0 Å². The Hall–Kier alpha value is -0.290. The first-order valence-corrected chi connectivity index (χ1v) is 9.63. The van der Waals surface area contributed by atoms with Crippen molar-refractivity contribution in [2.24, 2.45) is 0 Å². The van der Waals surface area contributed by atoms with E-state index in [9.17, 15) is 0 Å². The highest BCUT2D eigenvalue weighted by molar-refractivity contribution is 9.11. The summed E-state index contributed by atoms with van der Waals surface area (Å²) in [7, 11) is 0. The van der Waals surface area contributed by atoms with Crippen molar-refractivity contribution in [2.75, 3.05) is 12.8 Å². The van der Waals surface area contributed by atoms with Crippen molar-refractivity contribution in [3.63, 3.8) is 0 Å². The second-order valence-corrected chi connectivity index (χ2v) is 7.98. The molecule has 2 rings (SSSR count). The van der Waals surface area contributed by atoms with Crippen LogP contribution in [-0.2, 0) is 0 Å². The predicted molar refractivity (Wildman–Crippen MR) is 95.1 cm³/mol. The molecule has 4 heteroatoms. The van der Waals surface area contributed by atoms with Crippen LogP contribution in [0.1, 0.15) is 35.4 Å². The van der Waals surface area contributed by atoms with Crippen molar-refractivity contribution in [3.8, 4) is 0 Å². The Morgan fingerprint density at radius 3 is 2.70 bits per heavy atom. The summed E-state index contributed by atoms with van der Waals surface area (Å²) in [5.74, 6) is 0. The third-order valence-corrected chi connectivity index (χ3v) is 6.22. The molecule has 1 unspecified atom stereocenters. The highest BCUT2D eigenvalue weighted by atomic mass is 79.9. The van der Waals surface area contributed by atoms with Crippen LogP contribution >= 0.6 is 39.0 Å². The van der Waals surface area contributed by atoms with Gasteiger partial charge in [0.15, 0.2) is 0 Å². The van der Waals surface area contributed by atoms with Crippen LogP contribution in [0.3, 0.4) is 0 Å². The quantitative estimate of drug-likeness (QED) is 0.662. The molecule has 0 saturated carbocycles.